The average molecular weight is 145 g/mol. The molecular weight excluding hydrogens is 133 g/mol. The summed E-state index contributed by atoms with van der Waals surface area (Å²) >= 11 is 0. The zero-order chi connectivity index (χ0) is 8.15. The second-order valence-electron chi connectivity index (χ2n) is 2.14. The van der Waals surface area contributed by atoms with Crippen LogP contribution in [0.3, 0.4) is 0 Å². The van der Waals surface area contributed by atoms with Crippen molar-refractivity contribution in [2.24, 2.45) is 0 Å². The Morgan fingerprint density at radius 2 is 2.30 bits per heavy atom. The molecule has 0 aromatic rings. The molecule has 0 aliphatic heterocycles. The van der Waals surface area contributed by atoms with Gasteiger partial charge in [-0.05, 0) is 13.2 Å². The molecular formula is C5H12BNO3. The summed E-state index contributed by atoms with van der Waals surface area (Å²) in [5, 5.41) is 19.7. The number of carboxylic acid groups (broad SMARTS) is 1. The molecule has 58 valence electrons. The van der Waals surface area contributed by atoms with E-state index < -0.39 is 19.1 Å². The molecule has 1 atom stereocenters. The summed E-state index contributed by atoms with van der Waals surface area (Å²) in [6, 6.07) is -0.639. The van der Waals surface area contributed by atoms with Gasteiger partial charge >= 0.3 is 13.0 Å². The van der Waals surface area contributed by atoms with Crippen LogP contribution in [0, 0.1) is 0 Å². The Kier molecular flexibility index (Phi) is 4.06. The molecule has 0 fully saturated rings. The van der Waals surface area contributed by atoms with Crippen molar-refractivity contribution in [3.8, 4) is 0 Å². The fraction of sp³-hybridized carbons (Fsp3) is 0.800. The molecule has 4 nitrogen and oxygen atoms in total. The van der Waals surface area contributed by atoms with Crippen LogP contribution in [0.25, 0.3) is 0 Å². The predicted molar refractivity (Wildman–Crippen MR) is 38.7 cm³/mol. The van der Waals surface area contributed by atoms with Crippen LogP contribution < -0.4 is 5.23 Å². The van der Waals surface area contributed by atoms with Gasteiger partial charge in [-0.25, -0.2) is 0 Å². The molecule has 0 aliphatic rings. The molecule has 0 heterocycles. The Morgan fingerprint density at radius 3 is 2.40 bits per heavy atom. The van der Waals surface area contributed by atoms with E-state index in [4.69, 9.17) is 10.1 Å². The SMILES string of the molecule is CC[C@H](NB(C)O)C(=O)O. The number of carbonyl (C=O) groups is 1. The zero-order valence-corrected chi connectivity index (χ0v) is 6.16. The van der Waals surface area contributed by atoms with E-state index in [-0.39, 0.29) is 0 Å². The van der Waals surface area contributed by atoms with Crippen molar-refractivity contribution >= 4 is 13.0 Å². The second-order valence-corrected chi connectivity index (χ2v) is 2.14. The molecule has 0 rings (SSSR count). The molecule has 0 aromatic carbocycles. The largest absolute Gasteiger partial charge is 0.480 e. The van der Waals surface area contributed by atoms with E-state index in [1.54, 1.807) is 6.92 Å². The molecule has 0 aromatic heterocycles. The van der Waals surface area contributed by atoms with E-state index in [0.29, 0.717) is 6.42 Å². The minimum atomic E-state index is -0.927. The van der Waals surface area contributed by atoms with Gasteiger partial charge < -0.3 is 15.4 Å². The lowest BCUT2D eigenvalue weighted by atomic mass is 9.87. The van der Waals surface area contributed by atoms with E-state index in [9.17, 15) is 4.79 Å². The standard InChI is InChI=1S/C5H12BNO3/c1-3-4(5(8)9)7-6(2)10/h4,7,10H,3H2,1-2H3,(H,8,9)/t4-/m0/s1. The molecule has 0 saturated carbocycles. The van der Waals surface area contributed by atoms with E-state index in [2.05, 4.69) is 5.23 Å². The molecule has 0 amide bonds. The first-order valence-corrected chi connectivity index (χ1v) is 3.24. The van der Waals surface area contributed by atoms with Gasteiger partial charge in [0.05, 0.1) is 6.04 Å². The van der Waals surface area contributed by atoms with Crippen LogP contribution in [0.4, 0.5) is 0 Å². The zero-order valence-electron chi connectivity index (χ0n) is 6.16. The predicted octanol–water partition coefficient (Wildman–Crippen LogP) is -0.451. The van der Waals surface area contributed by atoms with Gasteiger partial charge in [0.1, 0.15) is 0 Å². The summed E-state index contributed by atoms with van der Waals surface area (Å²) in [5.41, 5.74) is 0. The Balaban J connectivity index is 3.72. The molecule has 5 heteroatoms. The molecule has 0 unspecified atom stereocenters. The average Bonchev–Trinajstić information content (AvgIpc) is 1.81. The minimum Gasteiger partial charge on any atom is -0.480 e. The Bertz CT molecular complexity index is 117. The van der Waals surface area contributed by atoms with Gasteiger partial charge in [0, 0.05) is 0 Å². The van der Waals surface area contributed by atoms with Gasteiger partial charge in [-0.1, -0.05) is 6.92 Å². The van der Waals surface area contributed by atoms with Gasteiger partial charge in [-0.3, -0.25) is 4.79 Å². The highest BCUT2D eigenvalue weighted by molar-refractivity contribution is 6.45. The van der Waals surface area contributed by atoms with Crippen LogP contribution in [-0.2, 0) is 4.79 Å². The third kappa shape index (κ3) is 3.47. The topological polar surface area (TPSA) is 69.6 Å². The smallest absolute Gasteiger partial charge is 0.374 e. The van der Waals surface area contributed by atoms with Gasteiger partial charge in [0.25, 0.3) is 0 Å². The van der Waals surface area contributed by atoms with Gasteiger partial charge in [0.15, 0.2) is 0 Å². The first kappa shape index (κ1) is 9.45. The Labute approximate surface area is 60.4 Å². The van der Waals surface area contributed by atoms with Crippen molar-refractivity contribution < 1.29 is 14.9 Å². The fourth-order valence-electron chi connectivity index (χ4n) is 0.655. The van der Waals surface area contributed by atoms with Crippen LogP contribution in [0.15, 0.2) is 0 Å². The summed E-state index contributed by atoms with van der Waals surface area (Å²) in [6.07, 6.45) is 0.472. The normalized spacial score (nSPS) is 12.7. The van der Waals surface area contributed by atoms with Crippen LogP contribution in [0.2, 0.25) is 6.82 Å². The van der Waals surface area contributed by atoms with Crippen LogP contribution in [0.1, 0.15) is 13.3 Å². The monoisotopic (exact) mass is 145 g/mol. The number of aliphatic carboxylic acids is 1. The van der Waals surface area contributed by atoms with Crippen molar-refractivity contribution in [1.29, 1.82) is 0 Å². The maximum absolute atomic E-state index is 10.3. The first-order chi connectivity index (χ1) is 4.57. The summed E-state index contributed by atoms with van der Waals surface area (Å²) in [5.74, 6) is -0.927. The van der Waals surface area contributed by atoms with E-state index in [0.717, 1.165) is 0 Å². The lowest BCUT2D eigenvalue weighted by Gasteiger charge is -2.11. The van der Waals surface area contributed by atoms with E-state index >= 15 is 0 Å². The van der Waals surface area contributed by atoms with E-state index in [1.165, 1.54) is 6.82 Å². The lowest BCUT2D eigenvalue weighted by molar-refractivity contribution is -0.139. The highest BCUT2D eigenvalue weighted by Crippen LogP contribution is 1.90. The number of hydrogen-bond acceptors (Lipinski definition) is 3. The molecule has 0 spiro atoms. The Hall–Kier alpha value is -0.545. The highest BCUT2D eigenvalue weighted by atomic mass is 16.4. The van der Waals surface area contributed by atoms with Crippen LogP contribution in [-0.4, -0.2) is 29.2 Å². The number of rotatable bonds is 4. The maximum atomic E-state index is 10.3. The third-order valence-corrected chi connectivity index (χ3v) is 1.15. The summed E-state index contributed by atoms with van der Waals surface area (Å²) in [6.45, 7) is 3.24. The molecule has 10 heavy (non-hydrogen) atoms. The highest BCUT2D eigenvalue weighted by Gasteiger charge is 2.17. The molecule has 3 N–H and O–H groups in total. The molecule has 0 radical (unpaired) electrons. The lowest BCUT2D eigenvalue weighted by Crippen LogP contribution is -2.44. The quantitative estimate of drug-likeness (QED) is 0.468. The Morgan fingerprint density at radius 1 is 1.80 bits per heavy atom. The molecule has 0 bridgehead atoms. The van der Waals surface area contributed by atoms with Crippen molar-refractivity contribution in [3.63, 3.8) is 0 Å². The van der Waals surface area contributed by atoms with Gasteiger partial charge in [-0.2, -0.15) is 0 Å². The fourth-order valence-corrected chi connectivity index (χ4v) is 0.655. The maximum Gasteiger partial charge on any atom is 0.374 e. The van der Waals surface area contributed by atoms with Crippen molar-refractivity contribution in [3.05, 3.63) is 0 Å². The van der Waals surface area contributed by atoms with Crippen molar-refractivity contribution in [2.75, 3.05) is 0 Å². The number of carboxylic acids is 1. The van der Waals surface area contributed by atoms with Crippen LogP contribution >= 0.6 is 0 Å². The molecule has 0 saturated heterocycles. The number of nitrogens with one attached hydrogen (secondary N) is 1. The first-order valence-electron chi connectivity index (χ1n) is 3.24. The number of hydrogen-bond donors (Lipinski definition) is 3. The van der Waals surface area contributed by atoms with Crippen molar-refractivity contribution in [2.45, 2.75) is 26.2 Å². The van der Waals surface area contributed by atoms with Gasteiger partial charge in [-0.15, -0.1) is 0 Å². The van der Waals surface area contributed by atoms with E-state index in [1.807, 2.05) is 0 Å². The molecule has 0 aliphatic carbocycles. The van der Waals surface area contributed by atoms with Gasteiger partial charge in [0.2, 0.25) is 0 Å². The summed E-state index contributed by atoms with van der Waals surface area (Å²) in [7, 11) is -0.763. The summed E-state index contributed by atoms with van der Waals surface area (Å²) in [4.78, 5) is 10.3. The third-order valence-electron chi connectivity index (χ3n) is 1.15. The minimum absolute atomic E-state index is 0.472. The summed E-state index contributed by atoms with van der Waals surface area (Å²) < 4.78 is 0. The second kappa shape index (κ2) is 4.30. The van der Waals surface area contributed by atoms with Crippen LogP contribution in [0.5, 0.6) is 0 Å². The van der Waals surface area contributed by atoms with Crippen molar-refractivity contribution in [1.82, 2.24) is 5.23 Å².